The van der Waals surface area contributed by atoms with Crippen LogP contribution in [-0.2, 0) is 0 Å². The van der Waals surface area contributed by atoms with Gasteiger partial charge < -0.3 is 5.11 Å². The molecule has 0 aromatic heterocycles. The highest BCUT2D eigenvalue weighted by atomic mass is 16.3. The van der Waals surface area contributed by atoms with Crippen LogP contribution in [0.3, 0.4) is 0 Å². The van der Waals surface area contributed by atoms with E-state index in [1.807, 2.05) is 6.92 Å². The van der Waals surface area contributed by atoms with E-state index in [0.29, 0.717) is 0 Å². The lowest BCUT2D eigenvalue weighted by Gasteiger charge is -2.19. The van der Waals surface area contributed by atoms with Crippen LogP contribution in [0.15, 0.2) is 0 Å². The van der Waals surface area contributed by atoms with Gasteiger partial charge in [-0.05, 0) is 18.8 Å². The van der Waals surface area contributed by atoms with Gasteiger partial charge in [-0.25, -0.2) is 0 Å². The molecule has 10 heavy (non-hydrogen) atoms. The Morgan fingerprint density at radius 3 is 2.40 bits per heavy atom. The van der Waals surface area contributed by atoms with Crippen LogP contribution in [0.5, 0.6) is 0 Å². The summed E-state index contributed by atoms with van der Waals surface area (Å²) in [6.07, 6.45) is 1.71. The van der Waals surface area contributed by atoms with Crippen LogP contribution in [0.2, 0.25) is 0 Å². The lowest BCUT2D eigenvalue weighted by atomic mass is 9.86. The fourth-order valence-corrected chi connectivity index (χ4v) is 0.719. The second-order valence-electron chi connectivity index (χ2n) is 3.24. The van der Waals surface area contributed by atoms with Gasteiger partial charge in [-0.3, -0.25) is 0 Å². The van der Waals surface area contributed by atoms with Crippen molar-refractivity contribution in [3.63, 3.8) is 0 Å². The van der Waals surface area contributed by atoms with Crippen LogP contribution >= 0.6 is 0 Å². The van der Waals surface area contributed by atoms with Gasteiger partial charge in [-0.1, -0.05) is 13.8 Å². The van der Waals surface area contributed by atoms with Crippen LogP contribution in [0.25, 0.3) is 0 Å². The highest BCUT2D eigenvalue weighted by Gasteiger charge is 2.14. The first kappa shape index (κ1) is 9.52. The average Bonchev–Trinajstić information content (AvgIpc) is 1.84. The van der Waals surface area contributed by atoms with E-state index in [1.165, 1.54) is 0 Å². The topological polar surface area (TPSA) is 20.2 Å². The van der Waals surface area contributed by atoms with E-state index in [1.54, 1.807) is 0 Å². The van der Waals surface area contributed by atoms with Gasteiger partial charge in [0.1, 0.15) is 0 Å². The summed E-state index contributed by atoms with van der Waals surface area (Å²) >= 11 is 0. The van der Waals surface area contributed by atoms with Crippen molar-refractivity contribution in [2.45, 2.75) is 33.6 Å². The molecule has 0 bridgehead atoms. The molecule has 0 heterocycles. The molecule has 0 atom stereocenters. The van der Waals surface area contributed by atoms with Crippen molar-refractivity contribution < 1.29 is 5.11 Å². The van der Waals surface area contributed by atoms with E-state index >= 15 is 0 Å². The first-order valence-electron chi connectivity index (χ1n) is 3.63. The van der Waals surface area contributed by atoms with E-state index in [4.69, 9.17) is 5.11 Å². The summed E-state index contributed by atoms with van der Waals surface area (Å²) in [5.74, 6) is 5.86. The lowest BCUT2D eigenvalue weighted by molar-refractivity contribution is 0.215. The summed E-state index contributed by atoms with van der Waals surface area (Å²) in [4.78, 5) is 0. The maximum Gasteiger partial charge on any atom is 0.0436 e. The number of aliphatic hydroxyl groups excluding tert-OH is 1. The maximum atomic E-state index is 8.65. The zero-order valence-corrected chi connectivity index (χ0v) is 7.07. The molecular weight excluding hydrogens is 124 g/mol. The largest absolute Gasteiger partial charge is 0.396 e. The van der Waals surface area contributed by atoms with E-state index in [-0.39, 0.29) is 12.0 Å². The van der Waals surface area contributed by atoms with Crippen molar-refractivity contribution in [1.29, 1.82) is 0 Å². The third-order valence-electron chi connectivity index (χ3n) is 1.53. The number of hydrogen-bond donors (Lipinski definition) is 1. The van der Waals surface area contributed by atoms with Gasteiger partial charge in [0, 0.05) is 13.0 Å². The SMILES string of the molecule is CC#CCC(C)(C)CCO. The molecular formula is C9H16O. The smallest absolute Gasteiger partial charge is 0.0436 e. The molecule has 0 saturated heterocycles. The second-order valence-corrected chi connectivity index (χ2v) is 3.24. The van der Waals surface area contributed by atoms with Crippen molar-refractivity contribution in [1.82, 2.24) is 0 Å². The number of rotatable bonds is 3. The monoisotopic (exact) mass is 140 g/mol. The number of hydrogen-bond acceptors (Lipinski definition) is 1. The van der Waals surface area contributed by atoms with Crippen LogP contribution in [-0.4, -0.2) is 11.7 Å². The highest BCUT2D eigenvalue weighted by molar-refractivity contribution is 4.98. The minimum absolute atomic E-state index is 0.178. The standard InChI is InChI=1S/C9H16O/c1-4-5-6-9(2,3)7-8-10/h10H,6-8H2,1-3H3. The predicted octanol–water partition coefficient (Wildman–Crippen LogP) is 1.81. The highest BCUT2D eigenvalue weighted by Crippen LogP contribution is 2.23. The van der Waals surface area contributed by atoms with Crippen molar-refractivity contribution >= 4 is 0 Å². The van der Waals surface area contributed by atoms with Gasteiger partial charge in [0.25, 0.3) is 0 Å². The molecule has 1 N–H and O–H groups in total. The van der Waals surface area contributed by atoms with E-state index in [2.05, 4.69) is 25.7 Å². The van der Waals surface area contributed by atoms with Crippen LogP contribution in [0, 0.1) is 17.3 Å². The molecule has 0 aliphatic carbocycles. The molecule has 0 aromatic carbocycles. The molecule has 1 nitrogen and oxygen atoms in total. The fraction of sp³-hybridized carbons (Fsp3) is 0.778. The van der Waals surface area contributed by atoms with Crippen molar-refractivity contribution in [3.05, 3.63) is 0 Å². The zero-order chi connectivity index (χ0) is 8.04. The van der Waals surface area contributed by atoms with Crippen molar-refractivity contribution in [2.75, 3.05) is 6.61 Å². The van der Waals surface area contributed by atoms with Gasteiger partial charge in [0.2, 0.25) is 0 Å². The first-order chi connectivity index (χ1) is 4.62. The Labute approximate surface area is 63.5 Å². The van der Waals surface area contributed by atoms with E-state index in [9.17, 15) is 0 Å². The Kier molecular flexibility index (Phi) is 4.14. The average molecular weight is 140 g/mol. The van der Waals surface area contributed by atoms with Crippen LogP contribution in [0.4, 0.5) is 0 Å². The number of aliphatic hydroxyl groups is 1. The van der Waals surface area contributed by atoms with Gasteiger partial charge in [-0.15, -0.1) is 11.8 Å². The molecule has 0 rings (SSSR count). The lowest BCUT2D eigenvalue weighted by Crippen LogP contribution is -2.11. The molecule has 0 aliphatic heterocycles. The third kappa shape index (κ3) is 4.40. The third-order valence-corrected chi connectivity index (χ3v) is 1.53. The summed E-state index contributed by atoms with van der Waals surface area (Å²) < 4.78 is 0. The summed E-state index contributed by atoms with van der Waals surface area (Å²) in [6, 6.07) is 0. The molecule has 0 fully saturated rings. The molecule has 0 aliphatic rings. The predicted molar refractivity (Wildman–Crippen MR) is 43.6 cm³/mol. The van der Waals surface area contributed by atoms with E-state index < -0.39 is 0 Å². The van der Waals surface area contributed by atoms with Crippen molar-refractivity contribution in [3.8, 4) is 11.8 Å². The van der Waals surface area contributed by atoms with Gasteiger partial charge in [0.15, 0.2) is 0 Å². The summed E-state index contributed by atoms with van der Waals surface area (Å²) in [5.41, 5.74) is 0.178. The van der Waals surface area contributed by atoms with Gasteiger partial charge in [-0.2, -0.15) is 0 Å². The minimum atomic E-state index is 0.178. The molecule has 0 saturated carbocycles. The molecule has 58 valence electrons. The molecule has 1 heteroatoms. The second kappa shape index (κ2) is 4.35. The minimum Gasteiger partial charge on any atom is -0.396 e. The molecule has 0 radical (unpaired) electrons. The van der Waals surface area contributed by atoms with Gasteiger partial charge >= 0.3 is 0 Å². The van der Waals surface area contributed by atoms with Crippen LogP contribution < -0.4 is 0 Å². The Bertz CT molecular complexity index is 137. The molecule has 0 spiro atoms. The van der Waals surface area contributed by atoms with Crippen molar-refractivity contribution in [2.24, 2.45) is 5.41 Å². The van der Waals surface area contributed by atoms with Crippen LogP contribution in [0.1, 0.15) is 33.6 Å². The summed E-state index contributed by atoms with van der Waals surface area (Å²) in [6.45, 7) is 6.34. The Hall–Kier alpha value is -0.480. The maximum absolute atomic E-state index is 8.65. The molecule has 0 aromatic rings. The quantitative estimate of drug-likeness (QED) is 0.593. The summed E-state index contributed by atoms with van der Waals surface area (Å²) in [7, 11) is 0. The first-order valence-corrected chi connectivity index (χ1v) is 3.63. The molecule has 0 amide bonds. The Morgan fingerprint density at radius 1 is 1.40 bits per heavy atom. The summed E-state index contributed by atoms with van der Waals surface area (Å²) in [5, 5.41) is 8.65. The van der Waals surface area contributed by atoms with E-state index in [0.717, 1.165) is 12.8 Å². The Balaban J connectivity index is 3.70. The van der Waals surface area contributed by atoms with Gasteiger partial charge in [0.05, 0.1) is 0 Å². The molecule has 0 unspecified atom stereocenters. The normalized spacial score (nSPS) is 10.4. The fourth-order valence-electron chi connectivity index (χ4n) is 0.719. The Morgan fingerprint density at radius 2 is 2.00 bits per heavy atom. The zero-order valence-electron chi connectivity index (χ0n) is 7.07.